The molecule has 2 N–H and O–H groups in total. The van der Waals surface area contributed by atoms with Crippen molar-refractivity contribution in [2.75, 3.05) is 13.1 Å². The first-order valence-corrected chi connectivity index (χ1v) is 7.22. The number of rotatable bonds is 7. The number of unbranched alkanes of at least 4 members (excludes halogenated alkanes) is 1. The second-order valence-electron chi connectivity index (χ2n) is 5.24. The number of halogens is 1. The zero-order valence-corrected chi connectivity index (χ0v) is 12.7. The summed E-state index contributed by atoms with van der Waals surface area (Å²) in [5, 5.41) is 0. The summed E-state index contributed by atoms with van der Waals surface area (Å²) in [5.74, 6) is 0.905. The highest BCUT2D eigenvalue weighted by Crippen LogP contribution is 2.22. The normalized spacial score (nSPS) is 20.6. The number of hydrogen-bond acceptors (Lipinski definition) is 2. The van der Waals surface area contributed by atoms with Crippen LogP contribution in [0.5, 0.6) is 0 Å². The standard InChI is InChI=1S/C14H28N2O.ClH/c1-3-5-7-12(4-2)10-14(17)16-9-6-8-13(16)11-15;/h12-13H,3-11,15H2,1-2H3;1H. The van der Waals surface area contributed by atoms with E-state index in [1.54, 1.807) is 0 Å². The number of nitrogens with two attached hydrogens (primary N) is 1. The van der Waals surface area contributed by atoms with Gasteiger partial charge in [0.2, 0.25) is 5.91 Å². The molecule has 2 atom stereocenters. The largest absolute Gasteiger partial charge is 0.338 e. The fraction of sp³-hybridized carbons (Fsp3) is 0.929. The molecule has 1 aliphatic heterocycles. The maximum Gasteiger partial charge on any atom is 0.223 e. The molecule has 0 radical (unpaired) electrons. The quantitative estimate of drug-likeness (QED) is 0.777. The molecule has 0 aliphatic carbocycles. The van der Waals surface area contributed by atoms with Crippen LogP contribution in [0.3, 0.4) is 0 Å². The third-order valence-corrected chi connectivity index (χ3v) is 3.98. The van der Waals surface area contributed by atoms with E-state index in [1.165, 1.54) is 19.3 Å². The van der Waals surface area contributed by atoms with E-state index >= 15 is 0 Å². The monoisotopic (exact) mass is 276 g/mol. The van der Waals surface area contributed by atoms with Crippen molar-refractivity contribution in [1.82, 2.24) is 4.90 Å². The average Bonchev–Trinajstić information content (AvgIpc) is 2.82. The van der Waals surface area contributed by atoms with Crippen molar-refractivity contribution in [1.29, 1.82) is 0 Å². The van der Waals surface area contributed by atoms with Gasteiger partial charge in [-0.2, -0.15) is 0 Å². The highest BCUT2D eigenvalue weighted by molar-refractivity contribution is 5.85. The molecule has 0 aromatic carbocycles. The molecule has 3 nitrogen and oxygen atoms in total. The first kappa shape index (κ1) is 17.7. The molecule has 1 aliphatic rings. The van der Waals surface area contributed by atoms with Crippen LogP contribution in [-0.4, -0.2) is 29.9 Å². The Labute approximate surface area is 118 Å². The van der Waals surface area contributed by atoms with Crippen LogP contribution >= 0.6 is 12.4 Å². The van der Waals surface area contributed by atoms with Gasteiger partial charge in [-0.25, -0.2) is 0 Å². The molecule has 0 bridgehead atoms. The molecule has 1 heterocycles. The SMILES string of the molecule is CCCCC(CC)CC(=O)N1CCCC1CN.Cl. The van der Waals surface area contributed by atoms with Crippen LogP contribution in [0.4, 0.5) is 0 Å². The minimum atomic E-state index is 0. The third kappa shape index (κ3) is 5.15. The van der Waals surface area contributed by atoms with Gasteiger partial charge in [-0.3, -0.25) is 4.79 Å². The van der Waals surface area contributed by atoms with Crippen LogP contribution < -0.4 is 5.73 Å². The van der Waals surface area contributed by atoms with Gasteiger partial charge in [0.15, 0.2) is 0 Å². The molecule has 1 rings (SSSR count). The molecule has 1 saturated heterocycles. The van der Waals surface area contributed by atoms with E-state index in [-0.39, 0.29) is 12.4 Å². The first-order valence-electron chi connectivity index (χ1n) is 7.22. The highest BCUT2D eigenvalue weighted by Gasteiger charge is 2.28. The number of likely N-dealkylation sites (tertiary alicyclic amines) is 1. The maximum atomic E-state index is 12.2. The molecule has 1 amide bonds. The molecule has 0 aromatic rings. The molecular weight excluding hydrogens is 248 g/mol. The lowest BCUT2D eigenvalue weighted by molar-refractivity contribution is -0.133. The summed E-state index contributed by atoms with van der Waals surface area (Å²) in [6, 6.07) is 0.311. The fourth-order valence-corrected chi connectivity index (χ4v) is 2.72. The van der Waals surface area contributed by atoms with Crippen molar-refractivity contribution in [3.05, 3.63) is 0 Å². The van der Waals surface area contributed by atoms with Crippen molar-refractivity contribution in [2.24, 2.45) is 11.7 Å². The summed E-state index contributed by atoms with van der Waals surface area (Å²) in [6.45, 7) is 5.94. The van der Waals surface area contributed by atoms with Crippen LogP contribution in [-0.2, 0) is 4.79 Å². The van der Waals surface area contributed by atoms with Crippen LogP contribution in [0.1, 0.15) is 58.8 Å². The van der Waals surface area contributed by atoms with Crippen LogP contribution in [0.25, 0.3) is 0 Å². The zero-order chi connectivity index (χ0) is 12.7. The number of amides is 1. The summed E-state index contributed by atoms with van der Waals surface area (Å²) in [4.78, 5) is 14.2. The number of carbonyl (C=O) groups is 1. The van der Waals surface area contributed by atoms with Gasteiger partial charge in [-0.05, 0) is 25.2 Å². The van der Waals surface area contributed by atoms with E-state index in [4.69, 9.17) is 5.73 Å². The topological polar surface area (TPSA) is 46.3 Å². The minimum absolute atomic E-state index is 0. The number of hydrogen-bond donors (Lipinski definition) is 1. The van der Waals surface area contributed by atoms with E-state index in [2.05, 4.69) is 13.8 Å². The molecule has 4 heteroatoms. The summed E-state index contributed by atoms with van der Waals surface area (Å²) in [7, 11) is 0. The Bertz CT molecular complexity index is 236. The summed E-state index contributed by atoms with van der Waals surface area (Å²) >= 11 is 0. The smallest absolute Gasteiger partial charge is 0.223 e. The Morgan fingerprint density at radius 1 is 1.44 bits per heavy atom. The van der Waals surface area contributed by atoms with Gasteiger partial charge in [0.05, 0.1) is 0 Å². The van der Waals surface area contributed by atoms with Crippen molar-refractivity contribution in [3.63, 3.8) is 0 Å². The first-order chi connectivity index (χ1) is 8.22. The Hall–Kier alpha value is -0.280. The summed E-state index contributed by atoms with van der Waals surface area (Å²) < 4.78 is 0. The van der Waals surface area contributed by atoms with Gasteiger partial charge < -0.3 is 10.6 Å². The van der Waals surface area contributed by atoms with Crippen molar-refractivity contribution in [3.8, 4) is 0 Å². The van der Waals surface area contributed by atoms with E-state index in [0.717, 1.165) is 32.2 Å². The Kier molecular flexibility index (Phi) is 9.47. The number of nitrogens with zero attached hydrogens (tertiary/aromatic N) is 1. The van der Waals surface area contributed by atoms with Crippen LogP contribution in [0, 0.1) is 5.92 Å². The van der Waals surface area contributed by atoms with Gasteiger partial charge in [0.25, 0.3) is 0 Å². The molecule has 1 fully saturated rings. The average molecular weight is 277 g/mol. The molecular formula is C14H29ClN2O. The molecule has 108 valence electrons. The molecule has 18 heavy (non-hydrogen) atoms. The maximum absolute atomic E-state index is 12.2. The molecule has 2 unspecified atom stereocenters. The third-order valence-electron chi connectivity index (χ3n) is 3.98. The van der Waals surface area contributed by atoms with Crippen molar-refractivity contribution >= 4 is 18.3 Å². The molecule has 0 aromatic heterocycles. The lowest BCUT2D eigenvalue weighted by Gasteiger charge is -2.25. The van der Waals surface area contributed by atoms with E-state index in [9.17, 15) is 4.79 Å². The molecule has 0 spiro atoms. The summed E-state index contributed by atoms with van der Waals surface area (Å²) in [6.07, 6.45) is 7.72. The van der Waals surface area contributed by atoms with Crippen molar-refractivity contribution < 1.29 is 4.79 Å². The minimum Gasteiger partial charge on any atom is -0.338 e. The van der Waals surface area contributed by atoms with E-state index in [0.29, 0.717) is 24.4 Å². The van der Waals surface area contributed by atoms with Gasteiger partial charge >= 0.3 is 0 Å². The Morgan fingerprint density at radius 2 is 2.17 bits per heavy atom. The van der Waals surface area contributed by atoms with E-state index in [1.807, 2.05) is 4.90 Å². The van der Waals surface area contributed by atoms with Gasteiger partial charge in [0, 0.05) is 25.6 Å². The Balaban J connectivity index is 0.00000289. The van der Waals surface area contributed by atoms with Gasteiger partial charge in [-0.1, -0.05) is 33.1 Å². The van der Waals surface area contributed by atoms with Gasteiger partial charge in [0.1, 0.15) is 0 Å². The Morgan fingerprint density at radius 3 is 2.72 bits per heavy atom. The number of carbonyl (C=O) groups excluding carboxylic acids is 1. The second-order valence-corrected chi connectivity index (χ2v) is 5.24. The second kappa shape index (κ2) is 9.62. The fourth-order valence-electron chi connectivity index (χ4n) is 2.72. The van der Waals surface area contributed by atoms with Gasteiger partial charge in [-0.15, -0.1) is 12.4 Å². The van der Waals surface area contributed by atoms with Crippen LogP contribution in [0.15, 0.2) is 0 Å². The lowest BCUT2D eigenvalue weighted by atomic mass is 9.95. The zero-order valence-electron chi connectivity index (χ0n) is 11.9. The predicted octanol–water partition coefficient (Wildman–Crippen LogP) is 2.96. The predicted molar refractivity (Wildman–Crippen MR) is 79.0 cm³/mol. The highest BCUT2D eigenvalue weighted by atomic mass is 35.5. The van der Waals surface area contributed by atoms with E-state index < -0.39 is 0 Å². The summed E-state index contributed by atoms with van der Waals surface area (Å²) in [5.41, 5.74) is 5.71. The molecule has 0 saturated carbocycles. The van der Waals surface area contributed by atoms with Crippen LogP contribution in [0.2, 0.25) is 0 Å². The lowest BCUT2D eigenvalue weighted by Crippen LogP contribution is -2.40. The van der Waals surface area contributed by atoms with Crippen molar-refractivity contribution in [2.45, 2.75) is 64.8 Å².